The van der Waals surface area contributed by atoms with E-state index in [4.69, 9.17) is 19.9 Å². The number of fused-ring (bicyclic) bond motifs is 6. The van der Waals surface area contributed by atoms with Gasteiger partial charge in [0.15, 0.2) is 6.23 Å². The molecular formula is C27H34N8O5. The van der Waals surface area contributed by atoms with Gasteiger partial charge in [-0.15, -0.1) is 0 Å². The fourth-order valence-electron chi connectivity index (χ4n) is 7.52. The number of aliphatic hydroxyl groups excluding tert-OH is 2. The maximum Gasteiger partial charge on any atom is 0.155 e. The Morgan fingerprint density at radius 3 is 2.52 bits per heavy atom. The molecule has 0 saturated carbocycles. The van der Waals surface area contributed by atoms with Gasteiger partial charge in [-0.1, -0.05) is 12.2 Å². The van der Waals surface area contributed by atoms with Crippen molar-refractivity contribution in [2.45, 2.75) is 74.1 Å². The predicted octanol–water partition coefficient (Wildman–Crippen LogP) is 0.380. The van der Waals surface area contributed by atoms with E-state index in [2.05, 4.69) is 35.9 Å². The smallest absolute Gasteiger partial charge is 0.155 e. The van der Waals surface area contributed by atoms with Gasteiger partial charge >= 0.3 is 0 Å². The van der Waals surface area contributed by atoms with Crippen LogP contribution in [0.5, 0.6) is 0 Å². The second-order valence-corrected chi connectivity index (χ2v) is 11.7. The Bertz CT molecular complexity index is 1350. The lowest BCUT2D eigenvalue weighted by molar-refractivity contribution is -0.0909. The van der Waals surface area contributed by atoms with Crippen LogP contribution in [0.25, 0.3) is 0 Å². The third-order valence-electron chi connectivity index (χ3n) is 9.58. The van der Waals surface area contributed by atoms with Gasteiger partial charge in [-0.25, -0.2) is 19.9 Å². The molecule has 40 heavy (non-hydrogen) atoms. The van der Waals surface area contributed by atoms with Gasteiger partial charge in [0.1, 0.15) is 54.1 Å². The van der Waals surface area contributed by atoms with E-state index in [1.807, 2.05) is 12.2 Å². The molecule has 7 N–H and O–H groups in total. The van der Waals surface area contributed by atoms with Crippen molar-refractivity contribution >= 4 is 17.5 Å². The highest BCUT2D eigenvalue weighted by Gasteiger charge is 2.61. The second-order valence-electron chi connectivity index (χ2n) is 11.7. The Morgan fingerprint density at radius 1 is 0.875 bits per heavy atom. The summed E-state index contributed by atoms with van der Waals surface area (Å²) in [6.45, 7) is 1.25. The molecule has 0 amide bonds. The number of aromatic nitrogens is 4. The van der Waals surface area contributed by atoms with E-state index in [0.717, 1.165) is 23.2 Å². The van der Waals surface area contributed by atoms with Crippen molar-refractivity contribution in [2.24, 2.45) is 17.6 Å². The van der Waals surface area contributed by atoms with Crippen LogP contribution in [0.3, 0.4) is 0 Å². The Hall–Kier alpha value is -2.94. The first kappa shape index (κ1) is 24.8. The maximum atomic E-state index is 11.6. The zero-order valence-corrected chi connectivity index (χ0v) is 21.9. The summed E-state index contributed by atoms with van der Waals surface area (Å²) in [6, 6.07) is 0. The van der Waals surface area contributed by atoms with Gasteiger partial charge in [-0.05, 0) is 31.6 Å². The van der Waals surface area contributed by atoms with E-state index in [-0.39, 0.29) is 30.5 Å². The predicted molar refractivity (Wildman–Crippen MR) is 142 cm³/mol. The Morgan fingerprint density at radius 2 is 1.65 bits per heavy atom. The lowest BCUT2D eigenvalue weighted by Crippen LogP contribution is -2.37. The lowest BCUT2D eigenvalue weighted by atomic mass is 9.80. The highest BCUT2D eigenvalue weighted by molar-refractivity contribution is 5.66. The minimum atomic E-state index is -0.879. The van der Waals surface area contributed by atoms with Gasteiger partial charge in [0.25, 0.3) is 0 Å². The zero-order valence-electron chi connectivity index (χ0n) is 21.9. The normalized spacial score (nSPS) is 42.0. The number of hydrogen-bond donors (Lipinski definition) is 6. The van der Waals surface area contributed by atoms with Gasteiger partial charge in [-0.3, -0.25) is 0 Å². The van der Waals surface area contributed by atoms with Crippen LogP contribution in [-0.2, 0) is 19.8 Å². The number of ether oxygens (including phenoxy) is 3. The molecule has 3 saturated heterocycles. The van der Waals surface area contributed by atoms with Crippen molar-refractivity contribution in [3.05, 3.63) is 41.6 Å². The number of anilines is 3. The molecule has 9 rings (SSSR count). The van der Waals surface area contributed by atoms with Gasteiger partial charge in [0, 0.05) is 30.5 Å². The van der Waals surface area contributed by atoms with Crippen molar-refractivity contribution in [1.82, 2.24) is 19.9 Å². The largest absolute Gasteiger partial charge is 0.390 e. The van der Waals surface area contributed by atoms with E-state index >= 15 is 0 Å². The summed E-state index contributed by atoms with van der Waals surface area (Å²) in [5.41, 5.74) is 8.19. The fraction of sp³-hybridized carbons (Fsp3) is 0.630. The topological polar surface area (TPSA) is 182 Å². The van der Waals surface area contributed by atoms with Gasteiger partial charge < -0.3 is 46.1 Å². The first-order valence-electron chi connectivity index (χ1n) is 14.2. The van der Waals surface area contributed by atoms with Crippen LogP contribution < -0.4 is 21.7 Å². The summed E-state index contributed by atoms with van der Waals surface area (Å²) in [6.07, 6.45) is 5.90. The number of nitrogens with zero attached hydrogens (tertiary/aromatic N) is 4. The fourth-order valence-corrected chi connectivity index (χ4v) is 7.52. The van der Waals surface area contributed by atoms with E-state index in [0.29, 0.717) is 49.8 Å². The molecule has 2 aromatic heterocycles. The SMILES string of the molecule is N[C@@H]1O[C@@H]2COC34C[C@H]5[C@@H](O)[C@@H]6Nc7ncnc(c7C(CC[C@H]5O6)C[C@@H]1[C@@H]2O)NC/C=C/CNc1ncnc3c14. The first-order chi connectivity index (χ1) is 19.5. The van der Waals surface area contributed by atoms with E-state index in [1.165, 1.54) is 12.7 Å². The molecule has 2 aromatic rings. The van der Waals surface area contributed by atoms with Crippen molar-refractivity contribution in [1.29, 1.82) is 0 Å². The zero-order chi connectivity index (χ0) is 27.0. The highest BCUT2D eigenvalue weighted by Crippen LogP contribution is 2.59. The molecule has 3 fully saturated rings. The summed E-state index contributed by atoms with van der Waals surface area (Å²) in [7, 11) is 0. The summed E-state index contributed by atoms with van der Waals surface area (Å²) >= 11 is 0. The number of nitrogens with two attached hydrogens (primary N) is 1. The average Bonchev–Trinajstić information content (AvgIpc) is 3.35. The molecule has 212 valence electrons. The van der Waals surface area contributed by atoms with Crippen molar-refractivity contribution in [2.75, 3.05) is 35.6 Å². The van der Waals surface area contributed by atoms with Crippen LogP contribution in [0.15, 0.2) is 24.8 Å². The quantitative estimate of drug-likeness (QED) is 0.248. The molecule has 1 aliphatic carbocycles. The molecule has 2 unspecified atom stereocenters. The third kappa shape index (κ3) is 3.76. The van der Waals surface area contributed by atoms with Gasteiger partial charge in [0.05, 0.1) is 30.1 Å². The first-order valence-corrected chi connectivity index (χ1v) is 14.2. The molecule has 13 nitrogen and oxygen atoms in total. The summed E-state index contributed by atoms with van der Waals surface area (Å²) in [5, 5.41) is 33.4. The Balaban J connectivity index is 1.31. The molecule has 10 atom stereocenters. The Labute approximate surface area is 230 Å². The second kappa shape index (κ2) is 9.29. The minimum Gasteiger partial charge on any atom is -0.390 e. The summed E-state index contributed by atoms with van der Waals surface area (Å²) in [4.78, 5) is 18.3. The van der Waals surface area contributed by atoms with Crippen LogP contribution in [0.4, 0.5) is 17.5 Å². The highest BCUT2D eigenvalue weighted by atomic mass is 16.6. The number of nitrogens with one attached hydrogen (secondary N) is 3. The molecule has 6 aliphatic heterocycles. The van der Waals surface area contributed by atoms with Crippen LogP contribution in [0.2, 0.25) is 0 Å². The summed E-state index contributed by atoms with van der Waals surface area (Å²) in [5.74, 6) is 1.44. The molecule has 10 bridgehead atoms. The maximum absolute atomic E-state index is 11.6. The molecule has 1 spiro atoms. The van der Waals surface area contributed by atoms with Crippen LogP contribution in [-0.4, -0.2) is 86.7 Å². The van der Waals surface area contributed by atoms with Gasteiger partial charge in [0.2, 0.25) is 0 Å². The number of rotatable bonds is 0. The van der Waals surface area contributed by atoms with Gasteiger partial charge in [-0.2, -0.15) is 0 Å². The molecule has 7 aliphatic rings. The van der Waals surface area contributed by atoms with E-state index in [1.54, 1.807) is 0 Å². The van der Waals surface area contributed by atoms with Crippen molar-refractivity contribution < 1.29 is 24.4 Å². The van der Waals surface area contributed by atoms with Crippen molar-refractivity contribution in [3.8, 4) is 0 Å². The number of hydrogen-bond acceptors (Lipinski definition) is 13. The standard InChI is InChI=1S/C27H34N8O5/c28-22-13-7-12-3-4-15-14-8-27(38-9-16(39-22)19(13)36)18-21(27)31-10-34-25(18)30-6-2-1-5-29-23-17(12)24(33-11-32-23)35-26(40-15)20(14)37/h1-2,10-16,19-20,22,26,36-37H,3-9,28H2,(H,30,31,34)(H2,29,32,33,35)/b2-1+/t12?,13-,14-,15-,16-,19+,20-,22-,26-,27?/m1/s1. The molecule has 8 heterocycles. The molecule has 13 heteroatoms. The average molecular weight is 551 g/mol. The lowest BCUT2D eigenvalue weighted by Gasteiger charge is -2.30. The molecule has 0 aromatic carbocycles. The van der Waals surface area contributed by atoms with Crippen molar-refractivity contribution in [3.63, 3.8) is 0 Å². The number of aliphatic hydroxyl groups is 2. The van der Waals surface area contributed by atoms with Crippen LogP contribution in [0, 0.1) is 11.8 Å². The van der Waals surface area contributed by atoms with E-state index in [9.17, 15) is 10.2 Å². The van der Waals surface area contributed by atoms with Crippen LogP contribution in [0.1, 0.15) is 48.4 Å². The molecular weight excluding hydrogens is 516 g/mol. The Kier molecular flexibility index (Phi) is 5.77. The molecule has 0 radical (unpaired) electrons. The van der Waals surface area contributed by atoms with Crippen LogP contribution >= 0.6 is 0 Å². The monoisotopic (exact) mass is 550 g/mol. The minimum absolute atomic E-state index is 0.0347. The van der Waals surface area contributed by atoms with E-state index < -0.39 is 36.4 Å². The third-order valence-corrected chi connectivity index (χ3v) is 9.58. The summed E-state index contributed by atoms with van der Waals surface area (Å²) < 4.78 is 19.3.